The molecular weight excluding hydrogens is 180 g/mol. The maximum absolute atomic E-state index is 2.98. The van der Waals surface area contributed by atoms with Crippen LogP contribution in [0.1, 0.15) is 46.0 Å². The topological polar surface area (TPSA) is 0 Å². The van der Waals surface area contributed by atoms with E-state index in [4.69, 9.17) is 0 Å². The Kier molecular flexibility index (Phi) is 11.4. The Labute approximate surface area is 94.5 Å². The van der Waals surface area contributed by atoms with E-state index in [1.165, 1.54) is 12.8 Å². The molecule has 0 aromatic rings. The van der Waals surface area contributed by atoms with Gasteiger partial charge in [-0.2, -0.15) is 0 Å². The summed E-state index contributed by atoms with van der Waals surface area (Å²) in [6.07, 6.45) is 13.7. The van der Waals surface area contributed by atoms with Crippen LogP contribution in [0.4, 0.5) is 0 Å². The molecule has 0 aliphatic carbocycles. The second-order valence-corrected chi connectivity index (χ2v) is 3.25. The van der Waals surface area contributed by atoms with Gasteiger partial charge in [-0.1, -0.05) is 56.8 Å². The van der Waals surface area contributed by atoms with Crippen molar-refractivity contribution in [3.63, 3.8) is 0 Å². The molecule has 0 saturated heterocycles. The van der Waals surface area contributed by atoms with Gasteiger partial charge in [0.1, 0.15) is 0 Å². The molecule has 0 unspecified atom stereocenters. The zero-order valence-corrected chi connectivity index (χ0v) is 9.84. The first-order chi connectivity index (χ1) is 7.41. The van der Waals surface area contributed by atoms with E-state index in [1.54, 1.807) is 0 Å². The lowest BCUT2D eigenvalue weighted by Crippen LogP contribution is -1.64. The van der Waals surface area contributed by atoms with Gasteiger partial charge in [-0.3, -0.25) is 0 Å². The van der Waals surface area contributed by atoms with E-state index in [1.807, 2.05) is 18.2 Å². The van der Waals surface area contributed by atoms with Crippen LogP contribution in [-0.4, -0.2) is 0 Å². The van der Waals surface area contributed by atoms with Crippen molar-refractivity contribution in [2.75, 3.05) is 0 Å². The highest BCUT2D eigenvalue weighted by atomic mass is 13.8. The van der Waals surface area contributed by atoms with E-state index in [-0.39, 0.29) is 0 Å². The highest BCUT2D eigenvalue weighted by molar-refractivity contribution is 5.31. The van der Waals surface area contributed by atoms with Crippen LogP contribution in [0.15, 0.2) is 24.3 Å². The van der Waals surface area contributed by atoms with Crippen LogP contribution in [0.3, 0.4) is 0 Å². The third-order valence-electron chi connectivity index (χ3n) is 1.75. The van der Waals surface area contributed by atoms with Gasteiger partial charge in [-0.05, 0) is 30.8 Å². The fourth-order valence-corrected chi connectivity index (χ4v) is 0.910. The Morgan fingerprint density at radius 2 is 1.87 bits per heavy atom. The van der Waals surface area contributed by atoms with Gasteiger partial charge in [-0.25, -0.2) is 0 Å². The van der Waals surface area contributed by atoms with Crippen LogP contribution in [0.2, 0.25) is 0 Å². The van der Waals surface area contributed by atoms with Crippen molar-refractivity contribution in [1.29, 1.82) is 0 Å². The summed E-state index contributed by atoms with van der Waals surface area (Å²) in [6.45, 7) is 4.31. The summed E-state index contributed by atoms with van der Waals surface area (Å²) in [6, 6.07) is 0. The van der Waals surface area contributed by atoms with Crippen LogP contribution in [0.25, 0.3) is 0 Å². The van der Waals surface area contributed by atoms with Crippen molar-refractivity contribution in [2.24, 2.45) is 0 Å². The predicted molar refractivity (Wildman–Crippen MR) is 68.3 cm³/mol. The largest absolute Gasteiger partial charge is 0.0891 e. The molecule has 0 bridgehead atoms. The van der Waals surface area contributed by atoms with E-state index < -0.39 is 0 Å². The number of hydrogen-bond donors (Lipinski definition) is 0. The van der Waals surface area contributed by atoms with Gasteiger partial charge in [0.15, 0.2) is 0 Å². The van der Waals surface area contributed by atoms with Crippen LogP contribution >= 0.6 is 0 Å². The summed E-state index contributed by atoms with van der Waals surface area (Å²) in [7, 11) is 0. The molecule has 0 aromatic carbocycles. The van der Waals surface area contributed by atoms with Crippen molar-refractivity contribution in [3.05, 3.63) is 24.3 Å². The van der Waals surface area contributed by atoms with Gasteiger partial charge in [0.25, 0.3) is 0 Å². The van der Waals surface area contributed by atoms with E-state index in [0.29, 0.717) is 0 Å². The normalized spacial score (nSPS) is 9.73. The minimum atomic E-state index is 0.940. The molecule has 80 valence electrons. The minimum absolute atomic E-state index is 0.940. The Balaban J connectivity index is 3.61. The van der Waals surface area contributed by atoms with Gasteiger partial charge in [0, 0.05) is 6.42 Å². The fourth-order valence-electron chi connectivity index (χ4n) is 0.910. The molecule has 0 nitrogen and oxygen atoms in total. The molecule has 0 aromatic heterocycles. The summed E-state index contributed by atoms with van der Waals surface area (Å²) < 4.78 is 0. The lowest BCUT2D eigenvalue weighted by Gasteiger charge is -1.84. The molecule has 0 heteroatoms. The summed E-state index contributed by atoms with van der Waals surface area (Å²) in [5.41, 5.74) is 0. The molecule has 15 heavy (non-hydrogen) atoms. The zero-order valence-electron chi connectivity index (χ0n) is 9.84. The van der Waals surface area contributed by atoms with Crippen molar-refractivity contribution in [2.45, 2.75) is 46.0 Å². The maximum atomic E-state index is 2.98. The summed E-state index contributed by atoms with van der Waals surface area (Å²) in [5, 5.41) is 0. The van der Waals surface area contributed by atoms with Crippen molar-refractivity contribution < 1.29 is 0 Å². The molecule has 0 spiro atoms. The van der Waals surface area contributed by atoms with Crippen molar-refractivity contribution in [1.82, 2.24) is 0 Å². The van der Waals surface area contributed by atoms with E-state index in [0.717, 1.165) is 19.3 Å². The van der Waals surface area contributed by atoms with Gasteiger partial charge in [0.05, 0.1) is 0 Å². The third-order valence-corrected chi connectivity index (χ3v) is 1.75. The SMILES string of the molecule is CCCC#CC#CC=CC=CCCCC. The van der Waals surface area contributed by atoms with Crippen molar-refractivity contribution >= 4 is 0 Å². The second kappa shape index (κ2) is 12.6. The molecule has 0 saturated carbocycles. The van der Waals surface area contributed by atoms with Gasteiger partial charge in [-0.15, -0.1) is 0 Å². The first-order valence-corrected chi connectivity index (χ1v) is 5.71. The molecule has 0 aliphatic heterocycles. The smallest absolute Gasteiger partial charge is 0.00963 e. The van der Waals surface area contributed by atoms with Crippen molar-refractivity contribution in [3.8, 4) is 23.7 Å². The molecule has 0 rings (SSSR count). The number of allylic oxidation sites excluding steroid dienone is 4. The average Bonchev–Trinajstić information content (AvgIpc) is 2.26. The lowest BCUT2D eigenvalue weighted by atomic mass is 10.2. The fraction of sp³-hybridized carbons (Fsp3) is 0.467. The minimum Gasteiger partial charge on any atom is -0.0891 e. The molecule has 0 amide bonds. The Morgan fingerprint density at radius 1 is 1.00 bits per heavy atom. The van der Waals surface area contributed by atoms with Gasteiger partial charge >= 0.3 is 0 Å². The number of rotatable bonds is 5. The van der Waals surface area contributed by atoms with Gasteiger partial charge in [0.2, 0.25) is 0 Å². The second-order valence-electron chi connectivity index (χ2n) is 3.25. The van der Waals surface area contributed by atoms with Crippen LogP contribution in [0.5, 0.6) is 0 Å². The number of hydrogen-bond acceptors (Lipinski definition) is 0. The Hall–Kier alpha value is -1.40. The van der Waals surface area contributed by atoms with Crippen LogP contribution < -0.4 is 0 Å². The first kappa shape index (κ1) is 13.6. The molecular formula is C15H20. The summed E-state index contributed by atoms with van der Waals surface area (Å²) in [5.74, 6) is 11.5. The molecule has 0 N–H and O–H groups in total. The van der Waals surface area contributed by atoms with Crippen LogP contribution in [-0.2, 0) is 0 Å². The lowest BCUT2D eigenvalue weighted by molar-refractivity contribution is 0.815. The average molecular weight is 200 g/mol. The first-order valence-electron chi connectivity index (χ1n) is 5.71. The van der Waals surface area contributed by atoms with Crippen LogP contribution in [0, 0.1) is 23.7 Å². The quantitative estimate of drug-likeness (QED) is 0.356. The number of unbranched alkanes of at least 4 members (excludes halogenated alkanes) is 3. The van der Waals surface area contributed by atoms with Gasteiger partial charge < -0.3 is 0 Å². The van der Waals surface area contributed by atoms with E-state index in [2.05, 4.69) is 43.6 Å². The Bertz CT molecular complexity index is 296. The maximum Gasteiger partial charge on any atom is 0.00963 e. The molecule has 0 heterocycles. The highest BCUT2D eigenvalue weighted by Gasteiger charge is 1.74. The predicted octanol–water partition coefficient (Wildman–Crippen LogP) is 4.10. The molecule has 0 aliphatic rings. The highest BCUT2D eigenvalue weighted by Crippen LogP contribution is 1.94. The molecule has 0 atom stereocenters. The summed E-state index contributed by atoms with van der Waals surface area (Å²) in [4.78, 5) is 0. The molecule has 0 radical (unpaired) electrons. The molecule has 0 fully saturated rings. The van der Waals surface area contributed by atoms with E-state index in [9.17, 15) is 0 Å². The van der Waals surface area contributed by atoms with E-state index >= 15 is 0 Å². The standard InChI is InChI=1S/C15H20/c1-3-5-7-9-11-13-15-14-12-10-8-6-4-2/h9,11,13,15H,3-7H2,1-2H3. The third kappa shape index (κ3) is 12.6. The Morgan fingerprint density at radius 3 is 2.60 bits per heavy atom. The monoisotopic (exact) mass is 200 g/mol. The zero-order chi connectivity index (χ0) is 11.2. The summed E-state index contributed by atoms with van der Waals surface area (Å²) >= 11 is 0.